The van der Waals surface area contributed by atoms with Crippen LogP contribution in [0.5, 0.6) is 0 Å². The third kappa shape index (κ3) is 0.986. The Balaban J connectivity index is 1.98. The van der Waals surface area contributed by atoms with E-state index in [1.807, 2.05) is 0 Å². The van der Waals surface area contributed by atoms with Gasteiger partial charge in [-0.2, -0.15) is 0 Å². The SMILES string of the molecule is C1=CC2/C3=C\C=C4\CCc5ccc(c2c5C14)CC3. The lowest BCUT2D eigenvalue weighted by molar-refractivity contribution is 0.689. The van der Waals surface area contributed by atoms with E-state index in [1.165, 1.54) is 25.7 Å². The average Bonchev–Trinajstić information content (AvgIpc) is 2.39. The van der Waals surface area contributed by atoms with E-state index in [2.05, 4.69) is 36.4 Å². The molecule has 2 atom stereocenters. The van der Waals surface area contributed by atoms with Gasteiger partial charge in [0.25, 0.3) is 0 Å². The summed E-state index contributed by atoms with van der Waals surface area (Å²) in [5.41, 5.74) is 9.87. The van der Waals surface area contributed by atoms with Crippen LogP contribution in [-0.4, -0.2) is 0 Å². The maximum Gasteiger partial charge on any atom is 0.0237 e. The molecular weight excluding hydrogens is 216 g/mol. The first-order chi connectivity index (χ1) is 8.92. The fourth-order valence-electron chi connectivity index (χ4n) is 4.39. The number of benzene rings is 1. The van der Waals surface area contributed by atoms with Crippen LogP contribution >= 0.6 is 0 Å². The monoisotopic (exact) mass is 232 g/mol. The smallest absolute Gasteiger partial charge is 0.0237 e. The van der Waals surface area contributed by atoms with Gasteiger partial charge < -0.3 is 0 Å². The number of fused-ring (bicyclic) bond motifs is 1. The third-order valence-corrected chi connectivity index (χ3v) is 5.26. The van der Waals surface area contributed by atoms with Gasteiger partial charge in [0.15, 0.2) is 0 Å². The fourth-order valence-corrected chi connectivity index (χ4v) is 4.39. The molecule has 0 radical (unpaired) electrons. The van der Waals surface area contributed by atoms with Crippen LogP contribution in [0, 0.1) is 0 Å². The first-order valence-electron chi connectivity index (χ1n) is 7.14. The predicted octanol–water partition coefficient (Wildman–Crippen LogP) is 4.18. The molecule has 0 heteroatoms. The largest absolute Gasteiger partial charge is 0.0760 e. The maximum absolute atomic E-state index is 2.48. The van der Waals surface area contributed by atoms with Crippen LogP contribution < -0.4 is 0 Å². The minimum absolute atomic E-state index is 0.593. The minimum Gasteiger partial charge on any atom is -0.0760 e. The second-order valence-electron chi connectivity index (χ2n) is 6.03. The zero-order valence-corrected chi connectivity index (χ0v) is 10.4. The van der Waals surface area contributed by atoms with Crippen molar-refractivity contribution < 1.29 is 0 Å². The molecule has 0 aromatic heterocycles. The van der Waals surface area contributed by atoms with Crippen LogP contribution in [0.3, 0.4) is 0 Å². The van der Waals surface area contributed by atoms with Gasteiger partial charge in [-0.1, -0.05) is 47.6 Å². The van der Waals surface area contributed by atoms with Gasteiger partial charge >= 0.3 is 0 Å². The van der Waals surface area contributed by atoms with Crippen LogP contribution in [0.1, 0.15) is 46.9 Å². The molecule has 18 heavy (non-hydrogen) atoms. The number of allylic oxidation sites excluding steroid dienone is 6. The Bertz CT molecular complexity index is 598. The summed E-state index contributed by atoms with van der Waals surface area (Å²) in [5, 5.41) is 0. The van der Waals surface area contributed by atoms with Gasteiger partial charge in [0.05, 0.1) is 0 Å². The molecule has 1 aromatic rings. The van der Waals surface area contributed by atoms with Gasteiger partial charge in [-0.15, -0.1) is 0 Å². The van der Waals surface area contributed by atoms with Crippen molar-refractivity contribution in [3.63, 3.8) is 0 Å². The van der Waals surface area contributed by atoms with Crippen LogP contribution in [0.25, 0.3) is 0 Å². The molecule has 0 spiro atoms. The molecule has 0 heterocycles. The normalized spacial score (nSPS) is 35.6. The van der Waals surface area contributed by atoms with E-state index in [0.29, 0.717) is 11.8 Å². The molecule has 2 unspecified atom stereocenters. The first kappa shape index (κ1) is 9.38. The van der Waals surface area contributed by atoms with Gasteiger partial charge in [0.2, 0.25) is 0 Å². The Morgan fingerprint density at radius 2 is 1.17 bits per heavy atom. The minimum atomic E-state index is 0.593. The summed E-state index contributed by atoms with van der Waals surface area (Å²) in [4.78, 5) is 0. The van der Waals surface area contributed by atoms with Gasteiger partial charge in [-0.25, -0.2) is 0 Å². The Morgan fingerprint density at radius 3 is 1.67 bits per heavy atom. The highest BCUT2D eigenvalue weighted by Gasteiger charge is 2.36. The molecule has 1 aromatic carbocycles. The second-order valence-corrected chi connectivity index (χ2v) is 6.03. The topological polar surface area (TPSA) is 0 Å². The molecule has 0 N–H and O–H groups in total. The lowest BCUT2D eigenvalue weighted by atomic mass is 9.64. The van der Waals surface area contributed by atoms with E-state index in [-0.39, 0.29) is 0 Å². The summed E-state index contributed by atoms with van der Waals surface area (Å²) in [6.45, 7) is 0. The predicted molar refractivity (Wildman–Crippen MR) is 73.9 cm³/mol. The highest BCUT2D eigenvalue weighted by molar-refractivity contribution is 5.61. The van der Waals surface area contributed by atoms with E-state index < -0.39 is 0 Å². The molecule has 0 saturated carbocycles. The summed E-state index contributed by atoms with van der Waals surface area (Å²) in [7, 11) is 0. The average molecular weight is 232 g/mol. The van der Waals surface area contributed by atoms with Crippen LogP contribution in [0.15, 0.2) is 47.6 Å². The molecule has 0 nitrogen and oxygen atoms in total. The van der Waals surface area contributed by atoms with Crippen molar-refractivity contribution in [3.8, 4) is 0 Å². The van der Waals surface area contributed by atoms with E-state index in [1.54, 1.807) is 33.4 Å². The maximum atomic E-state index is 2.48. The Hall–Kier alpha value is -1.56. The summed E-state index contributed by atoms with van der Waals surface area (Å²) >= 11 is 0. The highest BCUT2D eigenvalue weighted by atomic mass is 14.4. The van der Waals surface area contributed by atoms with Crippen molar-refractivity contribution in [1.29, 1.82) is 0 Å². The van der Waals surface area contributed by atoms with E-state index in [4.69, 9.17) is 0 Å². The Morgan fingerprint density at radius 1 is 0.667 bits per heavy atom. The lowest BCUT2D eigenvalue weighted by Gasteiger charge is -2.40. The van der Waals surface area contributed by atoms with Gasteiger partial charge in [0, 0.05) is 11.8 Å². The molecule has 88 valence electrons. The molecule has 0 saturated heterocycles. The molecule has 0 amide bonds. The van der Waals surface area contributed by atoms with Crippen molar-refractivity contribution in [3.05, 3.63) is 69.8 Å². The summed E-state index contributed by atoms with van der Waals surface area (Å²) in [6, 6.07) is 4.81. The molecular formula is C18H16. The fraction of sp³-hybridized carbons (Fsp3) is 0.333. The molecule has 0 aliphatic heterocycles. The highest BCUT2D eigenvalue weighted by Crippen LogP contribution is 2.51. The van der Waals surface area contributed by atoms with Crippen molar-refractivity contribution in [2.75, 3.05) is 0 Å². The van der Waals surface area contributed by atoms with Crippen molar-refractivity contribution in [2.45, 2.75) is 37.5 Å². The van der Waals surface area contributed by atoms with Crippen molar-refractivity contribution >= 4 is 0 Å². The molecule has 0 fully saturated rings. The zero-order chi connectivity index (χ0) is 11.7. The second kappa shape index (κ2) is 3.06. The molecule has 5 aliphatic rings. The first-order valence-corrected chi connectivity index (χ1v) is 7.14. The lowest BCUT2D eigenvalue weighted by Crippen LogP contribution is -2.25. The van der Waals surface area contributed by atoms with Gasteiger partial charge in [-0.3, -0.25) is 0 Å². The number of hydrogen-bond donors (Lipinski definition) is 0. The van der Waals surface area contributed by atoms with Crippen LogP contribution in [0.4, 0.5) is 0 Å². The van der Waals surface area contributed by atoms with Crippen molar-refractivity contribution in [2.24, 2.45) is 0 Å². The third-order valence-electron chi connectivity index (χ3n) is 5.26. The summed E-state index contributed by atoms with van der Waals surface area (Å²) in [5.74, 6) is 1.19. The number of hydrogen-bond acceptors (Lipinski definition) is 0. The standard InChI is InChI=1S/C18H16/c1-2-12-4-6-14-8-7-13-5-3-11(1)15-9-10-16(12)18(14)17(13)15/h1-2,7-10,15-16H,3-6H2/b11-1-,12-2-. The quantitative estimate of drug-likeness (QED) is 0.589. The molecule has 5 aliphatic carbocycles. The van der Waals surface area contributed by atoms with E-state index in [0.717, 1.165) is 0 Å². The van der Waals surface area contributed by atoms with Gasteiger partial charge in [0.1, 0.15) is 0 Å². The Labute approximate surface area is 108 Å². The summed E-state index contributed by atoms with van der Waals surface area (Å²) < 4.78 is 0. The van der Waals surface area contributed by atoms with E-state index in [9.17, 15) is 0 Å². The summed E-state index contributed by atoms with van der Waals surface area (Å²) in [6.07, 6.45) is 14.8. The number of aryl methyl sites for hydroxylation is 2. The molecule has 6 bridgehead atoms. The van der Waals surface area contributed by atoms with Crippen LogP contribution in [-0.2, 0) is 12.8 Å². The number of rotatable bonds is 0. The van der Waals surface area contributed by atoms with Gasteiger partial charge in [-0.05, 0) is 47.9 Å². The van der Waals surface area contributed by atoms with Crippen molar-refractivity contribution in [1.82, 2.24) is 0 Å². The Kier molecular flexibility index (Phi) is 1.59. The van der Waals surface area contributed by atoms with E-state index >= 15 is 0 Å². The van der Waals surface area contributed by atoms with Crippen LogP contribution in [0.2, 0.25) is 0 Å². The molecule has 6 rings (SSSR count). The zero-order valence-electron chi connectivity index (χ0n) is 10.4.